The average molecular weight is 399 g/mol. The van der Waals surface area contributed by atoms with E-state index in [1.165, 1.54) is 0 Å². The molecule has 28 heavy (non-hydrogen) atoms. The van der Waals surface area contributed by atoms with Crippen LogP contribution >= 0.6 is 11.8 Å². The molecule has 0 fully saturated rings. The molecule has 1 amide bonds. The van der Waals surface area contributed by atoms with Crippen molar-refractivity contribution < 1.29 is 4.79 Å². The molecule has 0 unspecified atom stereocenters. The van der Waals surface area contributed by atoms with Crippen molar-refractivity contribution in [1.29, 1.82) is 0 Å². The van der Waals surface area contributed by atoms with Crippen molar-refractivity contribution in [2.75, 3.05) is 17.6 Å². The maximum absolute atomic E-state index is 12.3. The third kappa shape index (κ3) is 4.81. The van der Waals surface area contributed by atoms with Crippen LogP contribution in [0, 0.1) is 6.92 Å². The summed E-state index contributed by atoms with van der Waals surface area (Å²) in [4.78, 5) is 21.6. The van der Waals surface area contributed by atoms with E-state index in [0.29, 0.717) is 18.7 Å². The molecule has 0 aliphatic heterocycles. The highest BCUT2D eigenvalue weighted by molar-refractivity contribution is 7.99. The molecule has 3 rings (SSSR count). The minimum absolute atomic E-state index is 0.0841. The van der Waals surface area contributed by atoms with Crippen LogP contribution < -0.4 is 10.6 Å². The summed E-state index contributed by atoms with van der Waals surface area (Å²) in [6.07, 6.45) is 1.78. The van der Waals surface area contributed by atoms with Crippen molar-refractivity contribution in [3.8, 4) is 0 Å². The van der Waals surface area contributed by atoms with E-state index in [2.05, 4.69) is 46.5 Å². The Kier molecular flexibility index (Phi) is 6.51. The van der Waals surface area contributed by atoms with Crippen molar-refractivity contribution in [2.24, 2.45) is 0 Å². The lowest BCUT2D eigenvalue weighted by atomic mass is 10.1. The van der Waals surface area contributed by atoms with Gasteiger partial charge < -0.3 is 10.6 Å². The van der Waals surface area contributed by atoms with E-state index in [1.54, 1.807) is 18.0 Å². The monoisotopic (exact) mass is 398 g/mol. The van der Waals surface area contributed by atoms with Gasteiger partial charge in [-0.1, -0.05) is 36.4 Å². The zero-order valence-electron chi connectivity index (χ0n) is 16.7. The largest absolute Gasteiger partial charge is 0.367 e. The Hall–Kier alpha value is -2.61. The van der Waals surface area contributed by atoms with Crippen molar-refractivity contribution in [3.63, 3.8) is 0 Å². The van der Waals surface area contributed by atoms with Crippen LogP contribution in [0.1, 0.15) is 36.7 Å². The third-order valence-corrected chi connectivity index (χ3v) is 4.79. The summed E-state index contributed by atoms with van der Waals surface area (Å²) < 4.78 is 1.82. The van der Waals surface area contributed by atoms with E-state index < -0.39 is 0 Å². The number of carbonyl (C=O) groups is 1. The molecule has 0 saturated heterocycles. The number of fused-ring (bicyclic) bond motifs is 1. The van der Waals surface area contributed by atoms with Crippen LogP contribution in [-0.4, -0.2) is 44.0 Å². The van der Waals surface area contributed by atoms with Crippen LogP contribution in [0.5, 0.6) is 0 Å². The van der Waals surface area contributed by atoms with Gasteiger partial charge in [-0.3, -0.25) is 4.79 Å². The number of rotatable bonds is 8. The van der Waals surface area contributed by atoms with Gasteiger partial charge >= 0.3 is 0 Å². The maximum Gasteiger partial charge on any atom is 0.251 e. The lowest BCUT2D eigenvalue weighted by molar-refractivity contribution is 0.0952. The van der Waals surface area contributed by atoms with E-state index in [-0.39, 0.29) is 11.9 Å². The minimum Gasteiger partial charge on any atom is -0.367 e. The second kappa shape index (κ2) is 9.05. The summed E-state index contributed by atoms with van der Waals surface area (Å²) in [5.41, 5.74) is 2.50. The number of nitrogens with one attached hydrogen (secondary N) is 2. The number of aryl methyl sites for hydroxylation is 1. The number of thioether (sulfide) groups is 1. The SMILES string of the molecule is CCSc1nc(NC(C)C)c2cnn(CCNC(=O)c3cccc(C)c3)c2n1. The van der Waals surface area contributed by atoms with Gasteiger partial charge in [-0.25, -0.2) is 14.6 Å². The van der Waals surface area contributed by atoms with Gasteiger partial charge in [0.15, 0.2) is 10.8 Å². The summed E-state index contributed by atoms with van der Waals surface area (Å²) in [5, 5.41) is 12.4. The van der Waals surface area contributed by atoms with Gasteiger partial charge in [0, 0.05) is 18.2 Å². The molecule has 2 aromatic heterocycles. The molecule has 148 valence electrons. The van der Waals surface area contributed by atoms with Crippen LogP contribution in [-0.2, 0) is 6.54 Å². The van der Waals surface area contributed by atoms with Gasteiger partial charge in [0.2, 0.25) is 0 Å². The molecule has 0 aliphatic rings. The molecule has 0 atom stereocenters. The number of benzene rings is 1. The smallest absolute Gasteiger partial charge is 0.251 e. The standard InChI is InChI=1S/C20H26N6OS/c1-5-28-20-24-17(23-13(2)3)16-12-22-26(18(16)25-20)10-9-21-19(27)15-8-6-7-14(4)11-15/h6-8,11-13H,5,9-10H2,1-4H3,(H,21,27)(H,23,24,25). The number of carbonyl (C=O) groups excluding carboxylic acids is 1. The Balaban J connectivity index is 1.75. The highest BCUT2D eigenvalue weighted by Gasteiger charge is 2.14. The quantitative estimate of drug-likeness (QED) is 0.446. The fourth-order valence-electron chi connectivity index (χ4n) is 2.84. The second-order valence-corrected chi connectivity index (χ2v) is 8.05. The van der Waals surface area contributed by atoms with Crippen LogP contribution in [0.25, 0.3) is 11.0 Å². The zero-order chi connectivity index (χ0) is 20.1. The van der Waals surface area contributed by atoms with Crippen molar-refractivity contribution in [3.05, 3.63) is 41.6 Å². The second-order valence-electron chi connectivity index (χ2n) is 6.82. The predicted molar refractivity (Wildman–Crippen MR) is 114 cm³/mol. The first kappa shape index (κ1) is 20.1. The van der Waals surface area contributed by atoms with Gasteiger partial charge in [0.25, 0.3) is 5.91 Å². The summed E-state index contributed by atoms with van der Waals surface area (Å²) in [6, 6.07) is 7.81. The van der Waals surface area contributed by atoms with Crippen LogP contribution in [0.15, 0.2) is 35.6 Å². The molecule has 8 heteroatoms. The van der Waals surface area contributed by atoms with Gasteiger partial charge in [-0.2, -0.15) is 5.10 Å². The van der Waals surface area contributed by atoms with Crippen LogP contribution in [0.2, 0.25) is 0 Å². The Labute approximate surface area is 169 Å². The van der Waals surface area contributed by atoms with Gasteiger partial charge in [-0.15, -0.1) is 0 Å². The van der Waals surface area contributed by atoms with Gasteiger partial charge in [0.05, 0.1) is 18.1 Å². The van der Waals surface area contributed by atoms with Crippen LogP contribution in [0.3, 0.4) is 0 Å². The molecule has 7 nitrogen and oxygen atoms in total. The molecular weight excluding hydrogens is 372 g/mol. The van der Waals surface area contributed by atoms with E-state index in [9.17, 15) is 4.79 Å². The molecule has 0 radical (unpaired) electrons. The summed E-state index contributed by atoms with van der Waals surface area (Å²) in [6.45, 7) is 9.21. The molecule has 2 heterocycles. The van der Waals surface area contributed by atoms with Crippen molar-refractivity contribution >= 4 is 34.5 Å². The topological polar surface area (TPSA) is 84.7 Å². The first-order valence-electron chi connectivity index (χ1n) is 9.45. The number of amides is 1. The number of hydrogen-bond donors (Lipinski definition) is 2. The first-order valence-corrected chi connectivity index (χ1v) is 10.4. The summed E-state index contributed by atoms with van der Waals surface area (Å²) in [5.74, 6) is 1.61. The van der Waals surface area contributed by atoms with E-state index in [0.717, 1.165) is 33.3 Å². The third-order valence-electron chi connectivity index (χ3n) is 4.06. The minimum atomic E-state index is -0.0841. The van der Waals surface area contributed by atoms with Gasteiger partial charge in [-0.05, 0) is 38.7 Å². The van der Waals surface area contributed by atoms with Gasteiger partial charge in [0.1, 0.15) is 5.82 Å². The summed E-state index contributed by atoms with van der Waals surface area (Å²) in [7, 11) is 0. The fourth-order valence-corrected chi connectivity index (χ4v) is 3.40. The molecular formula is C20H26N6OS. The van der Waals surface area contributed by atoms with E-state index in [4.69, 9.17) is 0 Å². The maximum atomic E-state index is 12.3. The number of hydrogen-bond acceptors (Lipinski definition) is 6. The molecule has 3 aromatic rings. The predicted octanol–water partition coefficient (Wildman–Crippen LogP) is 3.50. The zero-order valence-corrected chi connectivity index (χ0v) is 17.5. The lowest BCUT2D eigenvalue weighted by Gasteiger charge is -2.12. The molecule has 0 saturated carbocycles. The number of aromatic nitrogens is 4. The Morgan fingerprint density at radius 1 is 1.29 bits per heavy atom. The first-order chi connectivity index (χ1) is 13.5. The average Bonchev–Trinajstić information content (AvgIpc) is 3.05. The van der Waals surface area contributed by atoms with Crippen LogP contribution in [0.4, 0.5) is 5.82 Å². The number of anilines is 1. The Morgan fingerprint density at radius 2 is 2.11 bits per heavy atom. The molecule has 1 aromatic carbocycles. The highest BCUT2D eigenvalue weighted by atomic mass is 32.2. The lowest BCUT2D eigenvalue weighted by Crippen LogP contribution is -2.27. The molecule has 0 bridgehead atoms. The molecule has 2 N–H and O–H groups in total. The number of nitrogens with zero attached hydrogens (tertiary/aromatic N) is 4. The van der Waals surface area contributed by atoms with Crippen molar-refractivity contribution in [2.45, 2.75) is 45.4 Å². The normalized spacial score (nSPS) is 11.2. The van der Waals surface area contributed by atoms with Crippen molar-refractivity contribution in [1.82, 2.24) is 25.1 Å². The Morgan fingerprint density at radius 3 is 2.82 bits per heavy atom. The highest BCUT2D eigenvalue weighted by Crippen LogP contribution is 2.24. The molecule has 0 spiro atoms. The fraction of sp³-hybridized carbons (Fsp3) is 0.400. The summed E-state index contributed by atoms with van der Waals surface area (Å²) >= 11 is 1.60. The van der Waals surface area contributed by atoms with E-state index >= 15 is 0 Å². The Bertz CT molecular complexity index is 968. The molecule has 0 aliphatic carbocycles. The van der Waals surface area contributed by atoms with E-state index in [1.807, 2.05) is 35.9 Å².